The summed E-state index contributed by atoms with van der Waals surface area (Å²) >= 11 is 0. The first-order valence-electron chi connectivity index (χ1n) is 6.37. The molecule has 0 aromatic carbocycles. The molecule has 0 saturated carbocycles. The fraction of sp³-hybridized carbons (Fsp3) is 0.385. The topological polar surface area (TPSA) is 81.9 Å². The van der Waals surface area contributed by atoms with Crippen molar-refractivity contribution >= 4 is 5.97 Å². The van der Waals surface area contributed by atoms with Gasteiger partial charge in [-0.05, 0) is 0 Å². The van der Waals surface area contributed by atoms with Crippen LogP contribution in [0.25, 0.3) is 11.6 Å². The first-order valence-corrected chi connectivity index (χ1v) is 6.37. The second kappa shape index (κ2) is 5.01. The lowest BCUT2D eigenvalue weighted by atomic mass is 10.1. The number of ether oxygens (including phenoxy) is 1. The molecule has 20 heavy (non-hydrogen) atoms. The number of nitrogens with zero attached hydrogens (tertiary/aromatic N) is 4. The molecule has 0 radical (unpaired) electrons. The number of carbonyl (C=O) groups excluding carboxylic acids is 1. The summed E-state index contributed by atoms with van der Waals surface area (Å²) in [6.07, 6.45) is 4.26. The summed E-state index contributed by atoms with van der Waals surface area (Å²) in [6, 6.07) is 0. The van der Waals surface area contributed by atoms with Crippen molar-refractivity contribution in [3.8, 4) is 11.6 Å². The van der Waals surface area contributed by atoms with Gasteiger partial charge in [-0.25, -0.2) is 19.7 Å². The van der Waals surface area contributed by atoms with E-state index in [-0.39, 0.29) is 0 Å². The fourth-order valence-corrected chi connectivity index (χ4v) is 2.29. The lowest BCUT2D eigenvalue weighted by Gasteiger charge is -2.18. The molecule has 1 aliphatic rings. The van der Waals surface area contributed by atoms with Crippen molar-refractivity contribution in [3.63, 3.8) is 0 Å². The predicted molar refractivity (Wildman–Crippen MR) is 71.0 cm³/mol. The third kappa shape index (κ3) is 2.05. The number of imidazole rings is 1. The van der Waals surface area contributed by atoms with Crippen molar-refractivity contribution < 1.29 is 9.53 Å². The number of nitrogens with one attached hydrogen (secondary N) is 1. The Balaban J connectivity index is 2.18. The Morgan fingerprint density at radius 1 is 1.45 bits per heavy atom. The van der Waals surface area contributed by atoms with E-state index in [1.165, 1.54) is 7.11 Å². The molecule has 0 fully saturated rings. The minimum absolute atomic E-state index is 0.322. The van der Waals surface area contributed by atoms with Gasteiger partial charge < -0.3 is 14.6 Å². The molecule has 0 saturated heterocycles. The van der Waals surface area contributed by atoms with Crippen LogP contribution in [-0.2, 0) is 24.8 Å². The average Bonchev–Trinajstić information content (AvgIpc) is 2.91. The first-order chi connectivity index (χ1) is 9.70. The average molecular weight is 273 g/mol. The van der Waals surface area contributed by atoms with Crippen LogP contribution in [0, 0.1) is 0 Å². The molecule has 0 spiro atoms. The monoisotopic (exact) mass is 273 g/mol. The third-order valence-electron chi connectivity index (χ3n) is 3.33. The van der Waals surface area contributed by atoms with E-state index in [1.54, 1.807) is 6.20 Å². The van der Waals surface area contributed by atoms with E-state index >= 15 is 0 Å². The van der Waals surface area contributed by atoms with Crippen LogP contribution in [0.3, 0.4) is 0 Å². The summed E-state index contributed by atoms with van der Waals surface area (Å²) in [4.78, 5) is 25.1. The molecule has 2 aromatic rings. The summed E-state index contributed by atoms with van der Waals surface area (Å²) in [7, 11) is 3.22. The number of methoxy groups -OCH3 is 1. The van der Waals surface area contributed by atoms with Gasteiger partial charge in [-0.15, -0.1) is 0 Å². The van der Waals surface area contributed by atoms with Gasteiger partial charge in [0.05, 0.1) is 12.8 Å². The largest absolute Gasteiger partial charge is 0.464 e. The van der Waals surface area contributed by atoms with Crippen LogP contribution >= 0.6 is 0 Å². The van der Waals surface area contributed by atoms with Crippen LogP contribution in [0.15, 0.2) is 12.4 Å². The maximum absolute atomic E-state index is 11.9. The minimum atomic E-state index is -0.442. The molecular formula is C13H15N5O2. The van der Waals surface area contributed by atoms with Gasteiger partial charge in [0.2, 0.25) is 0 Å². The van der Waals surface area contributed by atoms with Crippen LogP contribution < -0.4 is 5.32 Å². The Bertz CT molecular complexity index is 665. The SMILES string of the molecule is COC(=O)c1nc(-c2nccn2C)nc2c1CNCC2. The van der Waals surface area contributed by atoms with E-state index in [0.717, 1.165) is 24.2 Å². The van der Waals surface area contributed by atoms with Gasteiger partial charge in [-0.1, -0.05) is 0 Å². The maximum Gasteiger partial charge on any atom is 0.357 e. The highest BCUT2D eigenvalue weighted by Gasteiger charge is 2.23. The van der Waals surface area contributed by atoms with E-state index in [9.17, 15) is 4.79 Å². The molecular weight excluding hydrogens is 258 g/mol. The highest BCUT2D eigenvalue weighted by molar-refractivity contribution is 5.89. The van der Waals surface area contributed by atoms with E-state index < -0.39 is 5.97 Å². The molecule has 0 bridgehead atoms. The number of esters is 1. The predicted octanol–water partition coefficient (Wildman–Crippen LogP) is 0.309. The maximum atomic E-state index is 11.9. The van der Waals surface area contributed by atoms with Crippen LogP contribution in [-0.4, -0.2) is 39.1 Å². The number of carbonyl (C=O) groups is 1. The van der Waals surface area contributed by atoms with Gasteiger partial charge >= 0.3 is 5.97 Å². The van der Waals surface area contributed by atoms with Gasteiger partial charge in [-0.3, -0.25) is 0 Å². The number of hydrogen-bond donors (Lipinski definition) is 1. The normalized spacial score (nSPS) is 13.9. The quantitative estimate of drug-likeness (QED) is 0.793. The molecule has 7 heteroatoms. The second-order valence-electron chi connectivity index (χ2n) is 4.60. The fourth-order valence-electron chi connectivity index (χ4n) is 2.29. The van der Waals surface area contributed by atoms with E-state index in [0.29, 0.717) is 23.9 Å². The van der Waals surface area contributed by atoms with Crippen LogP contribution in [0.5, 0.6) is 0 Å². The number of aromatic nitrogens is 4. The molecule has 7 nitrogen and oxygen atoms in total. The number of hydrogen-bond acceptors (Lipinski definition) is 6. The second-order valence-corrected chi connectivity index (χ2v) is 4.60. The Hall–Kier alpha value is -2.28. The van der Waals surface area contributed by atoms with Gasteiger partial charge in [0, 0.05) is 44.5 Å². The molecule has 1 N–H and O–H groups in total. The molecule has 3 rings (SSSR count). The Kier molecular flexibility index (Phi) is 3.19. The molecule has 3 heterocycles. The standard InChI is InChI=1S/C13H15N5O2/c1-18-6-5-15-12(18)11-16-9-3-4-14-7-8(9)10(17-11)13(19)20-2/h5-6,14H,3-4,7H2,1-2H3. The van der Waals surface area contributed by atoms with Crippen LogP contribution in [0.4, 0.5) is 0 Å². The van der Waals surface area contributed by atoms with Crippen molar-refractivity contribution in [2.45, 2.75) is 13.0 Å². The molecule has 0 amide bonds. The smallest absolute Gasteiger partial charge is 0.357 e. The summed E-state index contributed by atoms with van der Waals surface area (Å²) in [5.41, 5.74) is 2.03. The lowest BCUT2D eigenvalue weighted by Crippen LogP contribution is -2.28. The van der Waals surface area contributed by atoms with Gasteiger partial charge in [0.1, 0.15) is 0 Å². The van der Waals surface area contributed by atoms with Gasteiger partial charge in [0.25, 0.3) is 0 Å². The van der Waals surface area contributed by atoms with Crippen molar-refractivity contribution in [2.75, 3.05) is 13.7 Å². The van der Waals surface area contributed by atoms with Gasteiger partial charge in [-0.2, -0.15) is 0 Å². The highest BCUT2D eigenvalue weighted by atomic mass is 16.5. The third-order valence-corrected chi connectivity index (χ3v) is 3.33. The summed E-state index contributed by atoms with van der Waals surface area (Å²) in [6.45, 7) is 1.42. The zero-order valence-electron chi connectivity index (χ0n) is 11.4. The van der Waals surface area contributed by atoms with Crippen molar-refractivity contribution in [3.05, 3.63) is 29.3 Å². The molecule has 0 aliphatic carbocycles. The molecule has 0 unspecified atom stereocenters. The zero-order chi connectivity index (χ0) is 14.1. The Morgan fingerprint density at radius 3 is 3.00 bits per heavy atom. The summed E-state index contributed by atoms with van der Waals surface area (Å²) in [5.74, 6) is 0.651. The van der Waals surface area contributed by atoms with E-state index in [4.69, 9.17) is 4.74 Å². The van der Waals surface area contributed by atoms with Gasteiger partial charge in [0.15, 0.2) is 17.3 Å². The molecule has 104 valence electrons. The zero-order valence-corrected chi connectivity index (χ0v) is 11.4. The number of fused-ring (bicyclic) bond motifs is 1. The molecule has 0 atom stereocenters. The van der Waals surface area contributed by atoms with Crippen molar-refractivity contribution in [2.24, 2.45) is 7.05 Å². The van der Waals surface area contributed by atoms with Crippen molar-refractivity contribution in [1.82, 2.24) is 24.8 Å². The number of aryl methyl sites for hydroxylation is 1. The number of rotatable bonds is 2. The van der Waals surface area contributed by atoms with Crippen LogP contribution in [0.1, 0.15) is 21.7 Å². The van der Waals surface area contributed by atoms with E-state index in [1.807, 2.05) is 17.8 Å². The van der Waals surface area contributed by atoms with E-state index in [2.05, 4.69) is 20.3 Å². The lowest BCUT2D eigenvalue weighted by molar-refractivity contribution is 0.0592. The minimum Gasteiger partial charge on any atom is -0.464 e. The first kappa shape index (κ1) is 12.7. The molecule has 2 aromatic heterocycles. The highest BCUT2D eigenvalue weighted by Crippen LogP contribution is 2.21. The summed E-state index contributed by atoms with van der Waals surface area (Å²) < 4.78 is 6.64. The van der Waals surface area contributed by atoms with Crippen molar-refractivity contribution in [1.29, 1.82) is 0 Å². The Morgan fingerprint density at radius 2 is 2.30 bits per heavy atom. The molecule has 1 aliphatic heterocycles. The van der Waals surface area contributed by atoms with Crippen LogP contribution in [0.2, 0.25) is 0 Å². The summed E-state index contributed by atoms with van der Waals surface area (Å²) in [5, 5.41) is 3.22. The Labute approximate surface area is 116 Å².